The summed E-state index contributed by atoms with van der Waals surface area (Å²) in [6.45, 7) is 4.97. The van der Waals surface area contributed by atoms with E-state index in [0.29, 0.717) is 13.2 Å². The summed E-state index contributed by atoms with van der Waals surface area (Å²) < 4.78 is 5.05. The van der Waals surface area contributed by atoms with Gasteiger partial charge >= 0.3 is 5.97 Å². The van der Waals surface area contributed by atoms with Crippen molar-refractivity contribution in [2.45, 2.75) is 52.4 Å². The van der Waals surface area contributed by atoms with E-state index in [-0.39, 0.29) is 5.97 Å². The molecule has 2 N–H and O–H groups in total. The maximum atomic E-state index is 11.7. The predicted molar refractivity (Wildman–Crippen MR) is 67.1 cm³/mol. The zero-order valence-corrected chi connectivity index (χ0v) is 10.6. The van der Waals surface area contributed by atoms with Crippen LogP contribution in [0.1, 0.15) is 52.4 Å². The molecule has 0 fully saturated rings. The Hall–Kier alpha value is -0.830. The van der Waals surface area contributed by atoms with E-state index in [1.54, 1.807) is 0 Å². The zero-order valence-electron chi connectivity index (χ0n) is 10.6. The number of ether oxygens (including phenoxy) is 1. The molecule has 0 aromatic rings. The lowest BCUT2D eigenvalue weighted by Gasteiger charge is -2.07. The third-order valence-electron chi connectivity index (χ3n) is 2.36. The van der Waals surface area contributed by atoms with Crippen LogP contribution in [0.15, 0.2) is 11.6 Å². The molecule has 0 saturated heterocycles. The van der Waals surface area contributed by atoms with E-state index in [9.17, 15) is 4.79 Å². The van der Waals surface area contributed by atoms with Gasteiger partial charge in [0.25, 0.3) is 0 Å². The standard InChI is InChI=1S/C13H25NO2/c1-3-5-7-9-12(8-6-4-2)13(15)16-11-10-14/h9H,3-8,10-11,14H2,1-2H3. The summed E-state index contributed by atoms with van der Waals surface area (Å²) in [6.07, 6.45) is 8.22. The minimum atomic E-state index is -0.185. The number of carbonyl (C=O) groups is 1. The molecule has 0 bridgehead atoms. The maximum Gasteiger partial charge on any atom is 0.333 e. The minimum absolute atomic E-state index is 0.185. The predicted octanol–water partition coefficient (Wildman–Crippen LogP) is 2.80. The van der Waals surface area contributed by atoms with Gasteiger partial charge in [-0.25, -0.2) is 4.79 Å². The van der Waals surface area contributed by atoms with Crippen LogP contribution in [0.5, 0.6) is 0 Å². The molecule has 16 heavy (non-hydrogen) atoms. The lowest BCUT2D eigenvalue weighted by Crippen LogP contribution is -2.15. The molecular formula is C13H25NO2. The minimum Gasteiger partial charge on any atom is -0.461 e. The lowest BCUT2D eigenvalue weighted by atomic mass is 10.1. The quantitative estimate of drug-likeness (QED) is 0.374. The highest BCUT2D eigenvalue weighted by molar-refractivity contribution is 5.88. The molecule has 0 aliphatic carbocycles. The van der Waals surface area contributed by atoms with Gasteiger partial charge < -0.3 is 10.5 Å². The maximum absolute atomic E-state index is 11.7. The van der Waals surface area contributed by atoms with Gasteiger partial charge in [-0.3, -0.25) is 0 Å². The van der Waals surface area contributed by atoms with E-state index < -0.39 is 0 Å². The number of nitrogens with two attached hydrogens (primary N) is 1. The molecule has 0 atom stereocenters. The van der Waals surface area contributed by atoms with E-state index in [0.717, 1.165) is 44.1 Å². The molecule has 0 aliphatic rings. The molecule has 0 saturated carbocycles. The highest BCUT2D eigenvalue weighted by atomic mass is 16.5. The number of unbranched alkanes of at least 4 members (excludes halogenated alkanes) is 3. The molecule has 3 heteroatoms. The van der Waals surface area contributed by atoms with Gasteiger partial charge in [-0.1, -0.05) is 39.2 Å². The van der Waals surface area contributed by atoms with Crippen LogP contribution in [0.3, 0.4) is 0 Å². The van der Waals surface area contributed by atoms with Crippen LogP contribution in [0.2, 0.25) is 0 Å². The Morgan fingerprint density at radius 3 is 2.50 bits per heavy atom. The molecule has 0 aromatic carbocycles. The SMILES string of the molecule is CCCCC=C(CCCC)C(=O)OCCN. The summed E-state index contributed by atoms with van der Waals surface area (Å²) in [6, 6.07) is 0. The second-order valence-electron chi connectivity index (χ2n) is 3.90. The second kappa shape index (κ2) is 10.7. The fourth-order valence-electron chi connectivity index (χ4n) is 1.38. The van der Waals surface area contributed by atoms with Crippen molar-refractivity contribution in [1.82, 2.24) is 0 Å². The molecule has 3 nitrogen and oxygen atoms in total. The van der Waals surface area contributed by atoms with Crippen molar-refractivity contribution in [2.75, 3.05) is 13.2 Å². The summed E-state index contributed by atoms with van der Waals surface area (Å²) in [5.74, 6) is -0.185. The normalized spacial score (nSPS) is 11.6. The van der Waals surface area contributed by atoms with Gasteiger partial charge in [0.1, 0.15) is 6.61 Å². The number of carbonyl (C=O) groups excluding carboxylic acids is 1. The Morgan fingerprint density at radius 2 is 1.94 bits per heavy atom. The average Bonchev–Trinajstić information content (AvgIpc) is 2.30. The van der Waals surface area contributed by atoms with E-state index in [1.165, 1.54) is 0 Å². The van der Waals surface area contributed by atoms with Gasteiger partial charge in [-0.2, -0.15) is 0 Å². The van der Waals surface area contributed by atoms with Crippen LogP contribution in [0.4, 0.5) is 0 Å². The van der Waals surface area contributed by atoms with Gasteiger partial charge in [0.05, 0.1) is 0 Å². The number of allylic oxidation sites excluding steroid dienone is 1. The molecule has 94 valence electrons. The first-order valence-electron chi connectivity index (χ1n) is 6.32. The molecular weight excluding hydrogens is 202 g/mol. The summed E-state index contributed by atoms with van der Waals surface area (Å²) >= 11 is 0. The molecule has 0 amide bonds. The lowest BCUT2D eigenvalue weighted by molar-refractivity contribution is -0.138. The number of rotatable bonds is 9. The van der Waals surface area contributed by atoms with Crippen molar-refractivity contribution in [2.24, 2.45) is 5.73 Å². The average molecular weight is 227 g/mol. The van der Waals surface area contributed by atoms with Crippen LogP contribution in [-0.2, 0) is 9.53 Å². The topological polar surface area (TPSA) is 52.3 Å². The van der Waals surface area contributed by atoms with Crippen molar-refractivity contribution in [3.63, 3.8) is 0 Å². The van der Waals surface area contributed by atoms with Crippen molar-refractivity contribution < 1.29 is 9.53 Å². The van der Waals surface area contributed by atoms with E-state index >= 15 is 0 Å². The molecule has 0 heterocycles. The van der Waals surface area contributed by atoms with E-state index in [1.807, 2.05) is 6.08 Å². The monoisotopic (exact) mass is 227 g/mol. The third kappa shape index (κ3) is 7.46. The molecule has 0 aromatic heterocycles. The van der Waals surface area contributed by atoms with Crippen LogP contribution in [-0.4, -0.2) is 19.1 Å². The first kappa shape index (κ1) is 15.2. The van der Waals surface area contributed by atoms with Gasteiger partial charge in [0, 0.05) is 12.1 Å². The van der Waals surface area contributed by atoms with Crippen LogP contribution >= 0.6 is 0 Å². The summed E-state index contributed by atoms with van der Waals surface area (Å²) in [5.41, 5.74) is 6.12. The summed E-state index contributed by atoms with van der Waals surface area (Å²) in [5, 5.41) is 0. The first-order valence-corrected chi connectivity index (χ1v) is 6.32. The Labute approximate surface area is 99.0 Å². The fraction of sp³-hybridized carbons (Fsp3) is 0.769. The first-order chi connectivity index (χ1) is 7.76. The van der Waals surface area contributed by atoms with Gasteiger partial charge in [-0.15, -0.1) is 0 Å². The second-order valence-corrected chi connectivity index (χ2v) is 3.90. The van der Waals surface area contributed by atoms with Crippen molar-refractivity contribution in [3.05, 3.63) is 11.6 Å². The van der Waals surface area contributed by atoms with Gasteiger partial charge in [0.15, 0.2) is 0 Å². The van der Waals surface area contributed by atoms with E-state index in [2.05, 4.69) is 13.8 Å². The van der Waals surface area contributed by atoms with Crippen LogP contribution in [0.25, 0.3) is 0 Å². The Bertz CT molecular complexity index is 212. The van der Waals surface area contributed by atoms with Crippen molar-refractivity contribution in [1.29, 1.82) is 0 Å². The van der Waals surface area contributed by atoms with Gasteiger partial charge in [-0.05, 0) is 19.3 Å². The third-order valence-corrected chi connectivity index (χ3v) is 2.36. The molecule has 0 rings (SSSR count). The Balaban J connectivity index is 4.16. The molecule has 0 spiro atoms. The van der Waals surface area contributed by atoms with Crippen LogP contribution < -0.4 is 5.73 Å². The summed E-state index contributed by atoms with van der Waals surface area (Å²) in [4.78, 5) is 11.7. The summed E-state index contributed by atoms with van der Waals surface area (Å²) in [7, 11) is 0. The van der Waals surface area contributed by atoms with Crippen molar-refractivity contribution in [3.8, 4) is 0 Å². The largest absolute Gasteiger partial charge is 0.461 e. The molecule has 0 radical (unpaired) electrons. The zero-order chi connectivity index (χ0) is 12.2. The molecule has 0 aliphatic heterocycles. The Morgan fingerprint density at radius 1 is 1.25 bits per heavy atom. The smallest absolute Gasteiger partial charge is 0.333 e. The van der Waals surface area contributed by atoms with Crippen molar-refractivity contribution >= 4 is 5.97 Å². The highest BCUT2D eigenvalue weighted by Crippen LogP contribution is 2.11. The highest BCUT2D eigenvalue weighted by Gasteiger charge is 2.09. The van der Waals surface area contributed by atoms with E-state index in [4.69, 9.17) is 10.5 Å². The van der Waals surface area contributed by atoms with Gasteiger partial charge in [0.2, 0.25) is 0 Å². The molecule has 0 unspecified atom stereocenters. The number of hydrogen-bond acceptors (Lipinski definition) is 3. The number of hydrogen-bond donors (Lipinski definition) is 1. The number of esters is 1. The Kier molecular flexibility index (Phi) is 10.1. The van der Waals surface area contributed by atoms with Crippen LogP contribution in [0, 0.1) is 0 Å². The fourth-order valence-corrected chi connectivity index (χ4v) is 1.38.